The number of rotatable bonds is 8. The first kappa shape index (κ1) is 24.3. The molecule has 8 nitrogen and oxygen atoms in total. The summed E-state index contributed by atoms with van der Waals surface area (Å²) < 4.78 is 14.4. The van der Waals surface area contributed by atoms with Gasteiger partial charge in [0.1, 0.15) is 10.8 Å². The van der Waals surface area contributed by atoms with Crippen molar-refractivity contribution >= 4 is 40.6 Å². The molecule has 178 valence electrons. The standard InChI is InChI=1S/C23H25ClFN7OS/c1-34-23-20(12-18(30-31-23)16-10-14(24)2-3-17(16)25)29-15-4-5-28-19(11-15)21(13-22(26)33)32-8-6-27-7-9-32/h2-5,10-12,21,27H,6-9,13H2,1H3,(H2,26,33)(H,28,29,30). The predicted molar refractivity (Wildman–Crippen MR) is 133 cm³/mol. The minimum atomic E-state index is -0.432. The lowest BCUT2D eigenvalue weighted by Crippen LogP contribution is -2.46. The molecule has 11 heteroatoms. The number of hydrogen-bond acceptors (Lipinski definition) is 8. The number of carbonyl (C=O) groups is 1. The molecule has 34 heavy (non-hydrogen) atoms. The van der Waals surface area contributed by atoms with E-state index in [4.69, 9.17) is 17.3 Å². The summed E-state index contributed by atoms with van der Waals surface area (Å²) in [5.41, 5.74) is 8.36. The van der Waals surface area contributed by atoms with Crippen molar-refractivity contribution in [1.82, 2.24) is 25.4 Å². The van der Waals surface area contributed by atoms with Gasteiger partial charge in [-0.25, -0.2) is 4.39 Å². The average Bonchev–Trinajstić information content (AvgIpc) is 2.84. The number of aromatic nitrogens is 3. The molecule has 1 aliphatic heterocycles. The van der Waals surface area contributed by atoms with E-state index in [9.17, 15) is 9.18 Å². The second kappa shape index (κ2) is 11.1. The lowest BCUT2D eigenvalue weighted by molar-refractivity contribution is -0.119. The average molecular weight is 502 g/mol. The Labute approximate surface area is 206 Å². The number of amides is 1. The zero-order chi connectivity index (χ0) is 24.1. The molecule has 3 aromatic rings. The number of primary amides is 1. The fourth-order valence-corrected chi connectivity index (χ4v) is 4.54. The molecule has 0 radical (unpaired) electrons. The topological polar surface area (TPSA) is 109 Å². The van der Waals surface area contributed by atoms with Gasteiger partial charge in [-0.3, -0.25) is 14.7 Å². The molecular formula is C23H25ClFN7OS. The van der Waals surface area contributed by atoms with Gasteiger partial charge in [-0.15, -0.1) is 22.0 Å². The van der Waals surface area contributed by atoms with Crippen molar-refractivity contribution in [2.24, 2.45) is 5.73 Å². The summed E-state index contributed by atoms with van der Waals surface area (Å²) in [4.78, 5) is 18.5. The van der Waals surface area contributed by atoms with E-state index in [1.807, 2.05) is 18.4 Å². The zero-order valence-corrected chi connectivity index (χ0v) is 20.2. The highest BCUT2D eigenvalue weighted by Gasteiger charge is 2.25. The summed E-state index contributed by atoms with van der Waals surface area (Å²) in [5.74, 6) is -0.807. The molecule has 0 spiro atoms. The number of pyridine rings is 1. The van der Waals surface area contributed by atoms with Gasteiger partial charge in [-0.05, 0) is 42.7 Å². The Morgan fingerprint density at radius 2 is 2.06 bits per heavy atom. The molecule has 4 N–H and O–H groups in total. The van der Waals surface area contributed by atoms with Crippen LogP contribution in [0, 0.1) is 5.82 Å². The molecule has 0 saturated carbocycles. The number of halogens is 2. The third-order valence-electron chi connectivity index (χ3n) is 5.55. The Hall–Kier alpha value is -2.79. The van der Waals surface area contributed by atoms with Gasteiger partial charge in [-0.1, -0.05) is 11.6 Å². The van der Waals surface area contributed by atoms with E-state index in [2.05, 4.69) is 30.7 Å². The van der Waals surface area contributed by atoms with Crippen LogP contribution in [0.2, 0.25) is 5.02 Å². The number of thioether (sulfide) groups is 1. The Kier molecular flexibility index (Phi) is 7.94. The van der Waals surface area contributed by atoms with Crippen LogP contribution in [0.1, 0.15) is 18.2 Å². The minimum absolute atomic E-state index is 0.182. The van der Waals surface area contributed by atoms with Gasteiger partial charge < -0.3 is 16.4 Å². The summed E-state index contributed by atoms with van der Waals surface area (Å²) in [7, 11) is 0. The van der Waals surface area contributed by atoms with Gasteiger partial charge in [0.05, 0.1) is 23.1 Å². The number of hydrogen-bond donors (Lipinski definition) is 3. The highest BCUT2D eigenvalue weighted by Crippen LogP contribution is 2.32. The van der Waals surface area contributed by atoms with Crippen LogP contribution in [-0.2, 0) is 4.79 Å². The quantitative estimate of drug-likeness (QED) is 0.401. The molecule has 1 atom stereocenters. The Balaban J connectivity index is 1.65. The number of carbonyl (C=O) groups excluding carboxylic acids is 1. The molecule has 1 amide bonds. The van der Waals surface area contributed by atoms with Crippen LogP contribution in [0.15, 0.2) is 47.6 Å². The fourth-order valence-electron chi connectivity index (χ4n) is 3.92. The van der Waals surface area contributed by atoms with E-state index in [0.717, 1.165) is 37.6 Å². The lowest BCUT2D eigenvalue weighted by atomic mass is 10.1. The van der Waals surface area contributed by atoms with Crippen LogP contribution in [0.3, 0.4) is 0 Å². The Bertz CT molecular complexity index is 1180. The first-order valence-electron chi connectivity index (χ1n) is 10.8. The number of benzene rings is 1. The zero-order valence-electron chi connectivity index (χ0n) is 18.6. The molecule has 2 aromatic heterocycles. The van der Waals surface area contributed by atoms with Crippen molar-refractivity contribution in [3.05, 3.63) is 59.1 Å². The van der Waals surface area contributed by atoms with Crippen LogP contribution >= 0.6 is 23.4 Å². The molecule has 1 unspecified atom stereocenters. The molecule has 4 rings (SSSR count). The summed E-state index contributed by atoms with van der Waals surface area (Å²) >= 11 is 7.48. The molecule has 0 aliphatic carbocycles. The van der Waals surface area contributed by atoms with E-state index >= 15 is 0 Å². The number of piperazine rings is 1. The molecule has 1 aromatic carbocycles. The van der Waals surface area contributed by atoms with Crippen molar-refractivity contribution in [3.63, 3.8) is 0 Å². The fraction of sp³-hybridized carbons (Fsp3) is 0.304. The Morgan fingerprint density at radius 1 is 1.26 bits per heavy atom. The second-order valence-corrected chi connectivity index (χ2v) is 9.07. The third kappa shape index (κ3) is 5.82. The number of anilines is 2. The molecule has 1 fully saturated rings. The Morgan fingerprint density at radius 3 is 2.79 bits per heavy atom. The van der Waals surface area contributed by atoms with Crippen molar-refractivity contribution in [1.29, 1.82) is 0 Å². The number of nitrogens with one attached hydrogen (secondary N) is 2. The summed E-state index contributed by atoms with van der Waals surface area (Å²) in [6, 6.07) is 9.57. The van der Waals surface area contributed by atoms with E-state index in [1.165, 1.54) is 30.0 Å². The van der Waals surface area contributed by atoms with Crippen molar-refractivity contribution < 1.29 is 9.18 Å². The molecular weight excluding hydrogens is 477 g/mol. The highest BCUT2D eigenvalue weighted by atomic mass is 35.5. The molecule has 3 heterocycles. The monoisotopic (exact) mass is 501 g/mol. The van der Waals surface area contributed by atoms with E-state index < -0.39 is 5.82 Å². The maximum absolute atomic E-state index is 14.4. The maximum atomic E-state index is 14.4. The molecule has 1 aliphatic rings. The van der Waals surface area contributed by atoms with Gasteiger partial charge in [0.25, 0.3) is 0 Å². The van der Waals surface area contributed by atoms with Gasteiger partial charge in [-0.2, -0.15) is 0 Å². The van der Waals surface area contributed by atoms with Crippen LogP contribution < -0.4 is 16.4 Å². The summed E-state index contributed by atoms with van der Waals surface area (Å²) in [5, 5.41) is 16.2. The van der Waals surface area contributed by atoms with Crippen molar-refractivity contribution in [3.8, 4) is 11.3 Å². The van der Waals surface area contributed by atoms with Gasteiger partial charge >= 0.3 is 0 Å². The number of nitrogens with two attached hydrogens (primary N) is 1. The van der Waals surface area contributed by atoms with Crippen LogP contribution in [0.4, 0.5) is 15.8 Å². The van der Waals surface area contributed by atoms with E-state index in [0.29, 0.717) is 21.4 Å². The minimum Gasteiger partial charge on any atom is -0.370 e. The van der Waals surface area contributed by atoms with E-state index in [-0.39, 0.29) is 23.9 Å². The third-order valence-corrected chi connectivity index (χ3v) is 6.47. The SMILES string of the molecule is CSc1nnc(-c2cc(Cl)ccc2F)cc1Nc1ccnc(C(CC(N)=O)N2CCNCC2)c1. The predicted octanol–water partition coefficient (Wildman–Crippen LogP) is 3.62. The van der Waals surface area contributed by atoms with Crippen molar-refractivity contribution in [2.75, 3.05) is 37.8 Å². The van der Waals surface area contributed by atoms with E-state index in [1.54, 1.807) is 12.3 Å². The smallest absolute Gasteiger partial charge is 0.219 e. The summed E-state index contributed by atoms with van der Waals surface area (Å²) in [6.07, 6.45) is 3.76. The largest absolute Gasteiger partial charge is 0.370 e. The van der Waals surface area contributed by atoms with Gasteiger partial charge in [0.2, 0.25) is 5.91 Å². The lowest BCUT2D eigenvalue weighted by Gasteiger charge is -2.34. The van der Waals surface area contributed by atoms with Crippen LogP contribution in [0.5, 0.6) is 0 Å². The molecule has 0 bridgehead atoms. The first-order chi connectivity index (χ1) is 16.4. The normalized spacial score (nSPS) is 15.1. The summed E-state index contributed by atoms with van der Waals surface area (Å²) in [6.45, 7) is 3.29. The molecule has 1 saturated heterocycles. The van der Waals surface area contributed by atoms with Crippen LogP contribution in [-0.4, -0.2) is 58.4 Å². The van der Waals surface area contributed by atoms with Gasteiger partial charge in [0, 0.05) is 55.1 Å². The maximum Gasteiger partial charge on any atom is 0.219 e. The highest BCUT2D eigenvalue weighted by molar-refractivity contribution is 7.98. The first-order valence-corrected chi connectivity index (χ1v) is 12.4. The van der Waals surface area contributed by atoms with Crippen molar-refractivity contribution in [2.45, 2.75) is 17.5 Å². The van der Waals surface area contributed by atoms with Gasteiger partial charge in [0.15, 0.2) is 0 Å². The van der Waals surface area contributed by atoms with Crippen LogP contribution in [0.25, 0.3) is 11.3 Å². The second-order valence-electron chi connectivity index (χ2n) is 7.84. The number of nitrogens with zero attached hydrogens (tertiary/aromatic N) is 4.